The predicted molar refractivity (Wildman–Crippen MR) is 87.3 cm³/mol. The standard InChI is InChI=1S/C15H11Cl3N2O3/c1-7-3-9(8(2)22-7)15-20-19-14(23-15)6-21-13-5-11(17)10(16)4-12(13)18/h3-5H,6H2,1-2H3. The van der Waals surface area contributed by atoms with Crippen molar-refractivity contribution in [3.63, 3.8) is 0 Å². The summed E-state index contributed by atoms with van der Waals surface area (Å²) < 4.78 is 16.6. The number of nitrogens with zero attached hydrogens (tertiary/aromatic N) is 2. The van der Waals surface area contributed by atoms with Crippen LogP contribution in [0.2, 0.25) is 15.1 Å². The number of aryl methyl sites for hydroxylation is 2. The summed E-state index contributed by atoms with van der Waals surface area (Å²) in [5.41, 5.74) is 0.758. The fourth-order valence-corrected chi connectivity index (χ4v) is 2.61. The molecule has 0 aliphatic heterocycles. The Labute approximate surface area is 147 Å². The van der Waals surface area contributed by atoms with Crippen molar-refractivity contribution < 1.29 is 13.6 Å². The van der Waals surface area contributed by atoms with Crippen LogP contribution < -0.4 is 4.74 Å². The lowest BCUT2D eigenvalue weighted by molar-refractivity contribution is 0.264. The molecule has 2 heterocycles. The third-order valence-electron chi connectivity index (χ3n) is 3.06. The average Bonchev–Trinajstić information content (AvgIpc) is 3.07. The molecule has 120 valence electrons. The molecule has 0 atom stereocenters. The Balaban J connectivity index is 1.75. The van der Waals surface area contributed by atoms with Gasteiger partial charge in [0.05, 0.1) is 20.6 Å². The maximum atomic E-state index is 6.05. The summed E-state index contributed by atoms with van der Waals surface area (Å²) in [5.74, 6) is 2.55. The SMILES string of the molecule is Cc1cc(-c2nnc(COc3cc(Cl)c(Cl)cc3Cl)o2)c(C)o1. The van der Waals surface area contributed by atoms with Gasteiger partial charge in [0, 0.05) is 6.07 Å². The number of hydrogen-bond acceptors (Lipinski definition) is 5. The first-order chi connectivity index (χ1) is 10.9. The van der Waals surface area contributed by atoms with E-state index in [-0.39, 0.29) is 6.61 Å². The van der Waals surface area contributed by atoms with Crippen molar-refractivity contribution in [1.82, 2.24) is 10.2 Å². The molecule has 2 aromatic heterocycles. The number of hydrogen-bond donors (Lipinski definition) is 0. The van der Waals surface area contributed by atoms with Gasteiger partial charge < -0.3 is 13.6 Å². The summed E-state index contributed by atoms with van der Waals surface area (Å²) >= 11 is 17.9. The molecular weight excluding hydrogens is 363 g/mol. The number of halogens is 3. The molecular formula is C15H11Cl3N2O3. The highest BCUT2D eigenvalue weighted by atomic mass is 35.5. The molecule has 0 aliphatic carbocycles. The van der Waals surface area contributed by atoms with E-state index in [1.165, 1.54) is 12.1 Å². The molecule has 0 spiro atoms. The fourth-order valence-electron chi connectivity index (χ4n) is 2.02. The van der Waals surface area contributed by atoms with Crippen molar-refractivity contribution in [2.45, 2.75) is 20.5 Å². The lowest BCUT2D eigenvalue weighted by Crippen LogP contribution is -1.96. The maximum Gasteiger partial charge on any atom is 0.254 e. The van der Waals surface area contributed by atoms with Crippen molar-refractivity contribution in [2.24, 2.45) is 0 Å². The molecule has 3 rings (SSSR count). The van der Waals surface area contributed by atoms with Crippen molar-refractivity contribution in [1.29, 1.82) is 0 Å². The van der Waals surface area contributed by atoms with E-state index in [2.05, 4.69) is 10.2 Å². The van der Waals surface area contributed by atoms with Gasteiger partial charge in [0.2, 0.25) is 0 Å². The normalized spacial score (nSPS) is 11.0. The Morgan fingerprint density at radius 2 is 1.70 bits per heavy atom. The van der Waals surface area contributed by atoms with E-state index in [1.54, 1.807) is 0 Å². The van der Waals surface area contributed by atoms with Gasteiger partial charge >= 0.3 is 0 Å². The topological polar surface area (TPSA) is 61.3 Å². The monoisotopic (exact) mass is 372 g/mol. The van der Waals surface area contributed by atoms with Crippen molar-refractivity contribution in [2.75, 3.05) is 0 Å². The molecule has 0 radical (unpaired) electrons. The fraction of sp³-hybridized carbons (Fsp3) is 0.200. The van der Waals surface area contributed by atoms with Gasteiger partial charge in [-0.1, -0.05) is 34.8 Å². The average molecular weight is 374 g/mol. The summed E-state index contributed by atoms with van der Waals surface area (Å²) in [5, 5.41) is 8.99. The van der Waals surface area contributed by atoms with E-state index in [9.17, 15) is 0 Å². The molecule has 1 aromatic carbocycles. The third kappa shape index (κ3) is 3.47. The molecule has 0 saturated heterocycles. The Kier molecular flexibility index (Phi) is 4.53. The van der Waals surface area contributed by atoms with Gasteiger partial charge in [-0.2, -0.15) is 0 Å². The second-order valence-corrected chi connectivity index (χ2v) is 6.03. The van der Waals surface area contributed by atoms with Gasteiger partial charge in [0.15, 0.2) is 6.61 Å². The van der Waals surface area contributed by atoms with Crippen LogP contribution in [0.3, 0.4) is 0 Å². The smallest absolute Gasteiger partial charge is 0.254 e. The molecule has 23 heavy (non-hydrogen) atoms. The van der Waals surface area contributed by atoms with Crippen LogP contribution in [-0.4, -0.2) is 10.2 Å². The van der Waals surface area contributed by atoms with E-state index in [4.69, 9.17) is 48.4 Å². The van der Waals surface area contributed by atoms with E-state index in [0.717, 1.165) is 11.3 Å². The molecule has 0 N–H and O–H groups in total. The number of ether oxygens (including phenoxy) is 1. The van der Waals surface area contributed by atoms with Gasteiger partial charge in [0.1, 0.15) is 17.3 Å². The third-order valence-corrected chi connectivity index (χ3v) is 4.08. The highest BCUT2D eigenvalue weighted by Gasteiger charge is 2.15. The zero-order valence-electron chi connectivity index (χ0n) is 12.2. The van der Waals surface area contributed by atoms with E-state index >= 15 is 0 Å². The van der Waals surface area contributed by atoms with E-state index in [0.29, 0.717) is 38.4 Å². The van der Waals surface area contributed by atoms with Crippen LogP contribution in [0.1, 0.15) is 17.4 Å². The molecule has 3 aromatic rings. The van der Waals surface area contributed by atoms with Crippen LogP contribution in [0.25, 0.3) is 11.5 Å². The summed E-state index contributed by atoms with van der Waals surface area (Å²) in [6, 6.07) is 4.88. The molecule has 0 unspecified atom stereocenters. The molecule has 0 aliphatic rings. The van der Waals surface area contributed by atoms with Crippen molar-refractivity contribution >= 4 is 34.8 Å². The van der Waals surface area contributed by atoms with E-state index < -0.39 is 0 Å². The van der Waals surface area contributed by atoms with Crippen LogP contribution in [0.5, 0.6) is 5.75 Å². The molecule has 0 saturated carbocycles. The first kappa shape index (κ1) is 16.2. The lowest BCUT2D eigenvalue weighted by Gasteiger charge is -2.07. The quantitative estimate of drug-likeness (QED) is 0.566. The van der Waals surface area contributed by atoms with Crippen LogP contribution in [0.15, 0.2) is 27.0 Å². The zero-order chi connectivity index (χ0) is 16.6. The summed E-state index contributed by atoms with van der Waals surface area (Å²) in [4.78, 5) is 0. The van der Waals surface area contributed by atoms with Gasteiger partial charge in [-0.3, -0.25) is 0 Å². The van der Waals surface area contributed by atoms with Crippen LogP contribution in [-0.2, 0) is 6.61 Å². The largest absolute Gasteiger partial charge is 0.482 e. The van der Waals surface area contributed by atoms with Gasteiger partial charge in [-0.15, -0.1) is 10.2 Å². The first-order valence-corrected chi connectivity index (χ1v) is 7.74. The van der Waals surface area contributed by atoms with Gasteiger partial charge in [-0.25, -0.2) is 0 Å². The maximum absolute atomic E-state index is 6.05. The Bertz CT molecular complexity index is 858. The highest BCUT2D eigenvalue weighted by Crippen LogP contribution is 2.34. The molecule has 0 amide bonds. The number of aromatic nitrogens is 2. The number of benzene rings is 1. The second kappa shape index (κ2) is 6.43. The van der Waals surface area contributed by atoms with Crippen molar-refractivity contribution in [3.05, 3.63) is 50.7 Å². The number of rotatable bonds is 4. The second-order valence-electron chi connectivity index (χ2n) is 4.81. The minimum Gasteiger partial charge on any atom is -0.482 e. The lowest BCUT2D eigenvalue weighted by atomic mass is 10.2. The van der Waals surface area contributed by atoms with Gasteiger partial charge in [-0.05, 0) is 26.0 Å². The Hall–Kier alpha value is -1.69. The Morgan fingerprint density at radius 1 is 0.957 bits per heavy atom. The molecule has 0 bridgehead atoms. The van der Waals surface area contributed by atoms with E-state index in [1.807, 2.05) is 19.9 Å². The first-order valence-electron chi connectivity index (χ1n) is 6.61. The molecule has 0 fully saturated rings. The van der Waals surface area contributed by atoms with Crippen LogP contribution >= 0.6 is 34.8 Å². The minimum absolute atomic E-state index is 0.0561. The molecule has 5 nitrogen and oxygen atoms in total. The van der Waals surface area contributed by atoms with Crippen LogP contribution in [0.4, 0.5) is 0 Å². The Morgan fingerprint density at radius 3 is 2.39 bits per heavy atom. The zero-order valence-corrected chi connectivity index (χ0v) is 14.5. The predicted octanol–water partition coefficient (Wildman–Crippen LogP) is 5.49. The molecule has 8 heteroatoms. The number of furan rings is 1. The summed E-state index contributed by atoms with van der Waals surface area (Å²) in [7, 11) is 0. The summed E-state index contributed by atoms with van der Waals surface area (Å²) in [6.07, 6.45) is 0. The summed E-state index contributed by atoms with van der Waals surface area (Å²) in [6.45, 7) is 3.74. The van der Waals surface area contributed by atoms with Gasteiger partial charge in [0.25, 0.3) is 11.8 Å². The van der Waals surface area contributed by atoms with Crippen LogP contribution in [0, 0.1) is 13.8 Å². The highest BCUT2D eigenvalue weighted by molar-refractivity contribution is 6.43. The minimum atomic E-state index is 0.0561. The van der Waals surface area contributed by atoms with Crippen molar-refractivity contribution in [3.8, 4) is 17.2 Å².